The lowest BCUT2D eigenvalue weighted by molar-refractivity contribution is -0.143. The smallest absolute Gasteiger partial charge is 0.248 e. The number of nitrogens with one attached hydrogen (secondary N) is 1. The summed E-state index contributed by atoms with van der Waals surface area (Å²) in [6.07, 6.45) is 5.25. The van der Waals surface area contributed by atoms with Crippen LogP contribution in [0.5, 0.6) is 0 Å². The molecule has 8 nitrogen and oxygen atoms in total. The van der Waals surface area contributed by atoms with Crippen LogP contribution in [0.25, 0.3) is 0 Å². The normalized spacial score (nSPS) is 33.3. The number of rotatable bonds is 9. The third-order valence-electron chi connectivity index (χ3n) is 6.11. The number of thioether (sulfide) groups is 1. The van der Waals surface area contributed by atoms with E-state index in [-0.39, 0.29) is 49.0 Å². The van der Waals surface area contributed by atoms with Crippen LogP contribution in [0.3, 0.4) is 0 Å². The number of ether oxygens (including phenoxy) is 3. The zero-order valence-corrected chi connectivity index (χ0v) is 17.9. The number of hydrogen-bond donors (Lipinski definition) is 3. The maximum absolute atomic E-state index is 13.2. The molecule has 9 heteroatoms. The van der Waals surface area contributed by atoms with Crippen molar-refractivity contribution in [3.63, 3.8) is 0 Å². The van der Waals surface area contributed by atoms with E-state index >= 15 is 0 Å². The van der Waals surface area contributed by atoms with Gasteiger partial charge in [-0.25, -0.2) is 0 Å². The van der Waals surface area contributed by atoms with Crippen molar-refractivity contribution in [2.45, 2.75) is 87.6 Å². The van der Waals surface area contributed by atoms with E-state index in [1.165, 1.54) is 6.42 Å². The molecule has 0 bridgehead atoms. The summed E-state index contributed by atoms with van der Waals surface area (Å²) in [5, 5.41) is 0.453. The Morgan fingerprint density at radius 2 is 2.07 bits per heavy atom. The van der Waals surface area contributed by atoms with Gasteiger partial charge in [0.15, 0.2) is 0 Å². The molecule has 3 fully saturated rings. The van der Waals surface area contributed by atoms with Crippen LogP contribution in [0.4, 0.5) is 0 Å². The Morgan fingerprint density at radius 1 is 1.29 bits per heavy atom. The molecule has 0 aromatic heterocycles. The lowest BCUT2D eigenvalue weighted by Crippen LogP contribution is -2.61. The van der Waals surface area contributed by atoms with Crippen molar-refractivity contribution in [3.05, 3.63) is 0 Å². The van der Waals surface area contributed by atoms with Crippen LogP contribution in [0.15, 0.2) is 0 Å². The quantitative estimate of drug-likeness (QED) is 0.370. The Bertz CT molecular complexity index is 506. The molecule has 0 spiro atoms. The molecule has 1 aliphatic carbocycles. The van der Waals surface area contributed by atoms with E-state index in [9.17, 15) is 4.79 Å². The molecule has 1 amide bonds. The molecule has 3 rings (SSSR count). The van der Waals surface area contributed by atoms with Crippen LogP contribution < -0.4 is 17.0 Å². The summed E-state index contributed by atoms with van der Waals surface area (Å²) in [6, 6.07) is -0.472. The number of hydrogen-bond acceptors (Lipinski definition) is 8. The first-order valence-corrected chi connectivity index (χ1v) is 11.5. The van der Waals surface area contributed by atoms with E-state index in [2.05, 4.69) is 5.43 Å². The molecule has 0 radical (unpaired) electrons. The van der Waals surface area contributed by atoms with Gasteiger partial charge in [0, 0.05) is 30.3 Å². The topological polar surface area (TPSA) is 112 Å². The van der Waals surface area contributed by atoms with E-state index in [1.807, 2.05) is 30.5 Å². The highest BCUT2D eigenvalue weighted by atomic mass is 32.2. The Kier molecular flexibility index (Phi) is 8.40. The van der Waals surface area contributed by atoms with E-state index in [4.69, 9.17) is 25.8 Å². The van der Waals surface area contributed by atoms with Crippen LogP contribution in [0.2, 0.25) is 0 Å². The van der Waals surface area contributed by atoms with Crippen LogP contribution in [0.1, 0.15) is 46.0 Å². The zero-order valence-electron chi connectivity index (χ0n) is 17.0. The number of carbonyl (C=O) groups is 1. The van der Waals surface area contributed by atoms with Gasteiger partial charge >= 0.3 is 0 Å². The van der Waals surface area contributed by atoms with E-state index in [1.54, 1.807) is 0 Å². The number of nitrogens with two attached hydrogens (primary N) is 2. The van der Waals surface area contributed by atoms with Gasteiger partial charge in [0.2, 0.25) is 5.91 Å². The van der Waals surface area contributed by atoms with Gasteiger partial charge in [-0.15, -0.1) is 0 Å². The van der Waals surface area contributed by atoms with Crippen molar-refractivity contribution in [2.24, 2.45) is 11.6 Å². The molecule has 0 aromatic carbocycles. The van der Waals surface area contributed by atoms with Crippen molar-refractivity contribution in [2.75, 3.05) is 25.7 Å². The van der Waals surface area contributed by atoms with Crippen molar-refractivity contribution in [1.82, 2.24) is 10.3 Å². The number of fused-ring (bicyclic) bond motifs is 1. The average Bonchev–Trinajstić information content (AvgIpc) is 3.36. The molecule has 1 saturated carbocycles. The minimum Gasteiger partial charge on any atom is -0.368 e. The van der Waals surface area contributed by atoms with Crippen LogP contribution >= 0.6 is 11.8 Å². The molecule has 2 saturated heterocycles. The second-order valence-electron chi connectivity index (χ2n) is 8.26. The van der Waals surface area contributed by atoms with Crippen molar-refractivity contribution >= 4 is 17.7 Å². The van der Waals surface area contributed by atoms with Crippen LogP contribution in [-0.4, -0.2) is 78.2 Å². The predicted octanol–water partition coefficient (Wildman–Crippen LogP) is 0.589. The fourth-order valence-electron chi connectivity index (χ4n) is 4.57. The van der Waals surface area contributed by atoms with Gasteiger partial charge in [0.25, 0.3) is 0 Å². The highest BCUT2D eigenvalue weighted by Crippen LogP contribution is 2.31. The van der Waals surface area contributed by atoms with Crippen molar-refractivity contribution in [1.29, 1.82) is 0 Å². The SMILES string of the molecule is CC(N)C(C(C)NN)N(CC1CCCS1)C(=O)COC1CCC2OCOC2C1. The number of hydrazine groups is 1. The monoisotopic (exact) mass is 416 g/mol. The average molecular weight is 417 g/mol. The Morgan fingerprint density at radius 3 is 2.75 bits per heavy atom. The third kappa shape index (κ3) is 5.59. The second kappa shape index (κ2) is 10.6. The van der Waals surface area contributed by atoms with Gasteiger partial charge in [-0.3, -0.25) is 16.1 Å². The van der Waals surface area contributed by atoms with Gasteiger partial charge in [-0.1, -0.05) is 0 Å². The summed E-state index contributed by atoms with van der Waals surface area (Å²) in [7, 11) is 0. The van der Waals surface area contributed by atoms with Gasteiger partial charge in [-0.05, 0) is 45.3 Å². The zero-order chi connectivity index (χ0) is 20.1. The molecule has 0 aromatic rings. The minimum absolute atomic E-state index is 0.0115. The Hall–Kier alpha value is -0.420. The van der Waals surface area contributed by atoms with Gasteiger partial charge in [0.1, 0.15) is 13.4 Å². The molecule has 7 unspecified atom stereocenters. The molecule has 5 N–H and O–H groups in total. The molecule has 162 valence electrons. The maximum atomic E-state index is 13.2. The molecular formula is C19H36N4O4S. The van der Waals surface area contributed by atoms with Crippen LogP contribution in [0, 0.1) is 0 Å². The fraction of sp³-hybridized carbons (Fsp3) is 0.947. The summed E-state index contributed by atoms with van der Waals surface area (Å²) < 4.78 is 17.2. The number of nitrogens with zero attached hydrogens (tertiary/aromatic N) is 1. The van der Waals surface area contributed by atoms with Gasteiger partial charge in [-0.2, -0.15) is 11.8 Å². The summed E-state index contributed by atoms with van der Waals surface area (Å²) >= 11 is 1.94. The lowest BCUT2D eigenvalue weighted by Gasteiger charge is -2.39. The third-order valence-corrected chi connectivity index (χ3v) is 7.49. The van der Waals surface area contributed by atoms with Crippen molar-refractivity contribution in [3.8, 4) is 0 Å². The van der Waals surface area contributed by atoms with E-state index in [0.717, 1.165) is 31.4 Å². The van der Waals surface area contributed by atoms with Gasteiger partial charge in [0.05, 0.1) is 24.4 Å². The van der Waals surface area contributed by atoms with Gasteiger partial charge < -0.3 is 24.8 Å². The first-order valence-electron chi connectivity index (χ1n) is 10.5. The van der Waals surface area contributed by atoms with Crippen molar-refractivity contribution < 1.29 is 19.0 Å². The first-order chi connectivity index (χ1) is 13.5. The first kappa shape index (κ1) is 22.3. The fourth-order valence-corrected chi connectivity index (χ4v) is 5.84. The number of carbonyl (C=O) groups excluding carboxylic acids is 1. The lowest BCUT2D eigenvalue weighted by atomic mass is 9.92. The largest absolute Gasteiger partial charge is 0.368 e. The highest BCUT2D eigenvalue weighted by Gasteiger charge is 2.38. The Balaban J connectivity index is 1.60. The maximum Gasteiger partial charge on any atom is 0.248 e. The highest BCUT2D eigenvalue weighted by molar-refractivity contribution is 8.00. The summed E-state index contributed by atoms with van der Waals surface area (Å²) in [6.45, 7) is 5.03. The van der Waals surface area contributed by atoms with Crippen LogP contribution in [-0.2, 0) is 19.0 Å². The summed E-state index contributed by atoms with van der Waals surface area (Å²) in [4.78, 5) is 15.1. The van der Waals surface area contributed by atoms with E-state index in [0.29, 0.717) is 18.6 Å². The standard InChI is InChI=1S/C19H36N4O4S/c1-12(20)19(13(2)22-21)23(9-15-4-3-7-28-15)18(24)10-25-14-5-6-16-17(8-14)27-11-26-16/h12-17,19,22H,3-11,20-21H2,1-2H3. The Labute approximate surface area is 172 Å². The summed E-state index contributed by atoms with van der Waals surface area (Å²) in [5.41, 5.74) is 9.04. The minimum atomic E-state index is -0.194. The number of amides is 1. The summed E-state index contributed by atoms with van der Waals surface area (Å²) in [5.74, 6) is 6.84. The molecule has 2 heterocycles. The predicted molar refractivity (Wildman–Crippen MR) is 110 cm³/mol. The molecule has 2 aliphatic heterocycles. The molecular weight excluding hydrogens is 380 g/mol. The molecule has 7 atom stereocenters. The van der Waals surface area contributed by atoms with E-state index < -0.39 is 0 Å². The molecule has 28 heavy (non-hydrogen) atoms. The molecule has 3 aliphatic rings. The second-order valence-corrected chi connectivity index (χ2v) is 9.67.